The van der Waals surface area contributed by atoms with Crippen LogP contribution < -0.4 is 5.32 Å². The molecular weight excluding hydrogens is 200 g/mol. The third-order valence-electron chi connectivity index (χ3n) is 3.19. The van der Waals surface area contributed by atoms with E-state index >= 15 is 0 Å². The normalized spacial score (nSPS) is 14.4. The van der Waals surface area contributed by atoms with Crippen molar-refractivity contribution in [3.05, 3.63) is 24.0 Å². The maximum atomic E-state index is 9.26. The number of hydrogen-bond donors (Lipinski definition) is 3. The van der Waals surface area contributed by atoms with Gasteiger partial charge in [-0.1, -0.05) is 27.7 Å². The molecule has 16 heavy (non-hydrogen) atoms. The number of aromatic nitrogens is 1. The molecule has 0 saturated carbocycles. The van der Waals surface area contributed by atoms with Crippen molar-refractivity contribution in [3.8, 4) is 0 Å². The van der Waals surface area contributed by atoms with Crippen molar-refractivity contribution in [1.82, 2.24) is 10.3 Å². The van der Waals surface area contributed by atoms with Gasteiger partial charge in [-0.25, -0.2) is 0 Å². The molecule has 1 aromatic heterocycles. The Morgan fingerprint density at radius 2 is 2.12 bits per heavy atom. The molecule has 0 spiro atoms. The van der Waals surface area contributed by atoms with Gasteiger partial charge in [0.1, 0.15) is 0 Å². The van der Waals surface area contributed by atoms with Gasteiger partial charge in [0.25, 0.3) is 0 Å². The van der Waals surface area contributed by atoms with Crippen LogP contribution in [0.2, 0.25) is 0 Å². The highest BCUT2D eigenvalue weighted by Crippen LogP contribution is 2.21. The van der Waals surface area contributed by atoms with Crippen molar-refractivity contribution in [1.29, 1.82) is 0 Å². The minimum absolute atomic E-state index is 0.0856. The molecule has 1 unspecified atom stereocenters. The van der Waals surface area contributed by atoms with Crippen molar-refractivity contribution in [2.75, 3.05) is 13.2 Å². The van der Waals surface area contributed by atoms with Crippen LogP contribution in [0.1, 0.15) is 33.3 Å². The molecule has 0 bridgehead atoms. The molecule has 0 fully saturated rings. The van der Waals surface area contributed by atoms with E-state index in [1.807, 2.05) is 12.4 Å². The van der Waals surface area contributed by atoms with Gasteiger partial charge in [0.15, 0.2) is 0 Å². The summed E-state index contributed by atoms with van der Waals surface area (Å²) in [4.78, 5) is 3.08. The highest BCUT2D eigenvalue weighted by Gasteiger charge is 2.23. The smallest absolute Gasteiger partial charge is 0.0587 e. The minimum Gasteiger partial charge on any atom is -0.395 e. The number of hydrogen-bond acceptors (Lipinski definition) is 2. The molecule has 0 aliphatic rings. The van der Waals surface area contributed by atoms with Crippen LogP contribution >= 0.6 is 0 Å². The van der Waals surface area contributed by atoms with Gasteiger partial charge in [0.2, 0.25) is 0 Å². The number of nitrogens with one attached hydrogen (secondary N) is 2. The molecule has 0 aliphatic carbocycles. The topological polar surface area (TPSA) is 48.0 Å². The molecule has 0 saturated heterocycles. The zero-order valence-electron chi connectivity index (χ0n) is 10.7. The number of aromatic amines is 1. The van der Waals surface area contributed by atoms with Crippen molar-refractivity contribution in [3.63, 3.8) is 0 Å². The summed E-state index contributed by atoms with van der Waals surface area (Å²) in [6.45, 7) is 9.72. The minimum atomic E-state index is 0.0856. The van der Waals surface area contributed by atoms with E-state index < -0.39 is 0 Å². The molecule has 1 rings (SSSR count). The van der Waals surface area contributed by atoms with Gasteiger partial charge in [0, 0.05) is 30.4 Å². The van der Waals surface area contributed by atoms with E-state index in [0.717, 1.165) is 6.54 Å². The zero-order valence-corrected chi connectivity index (χ0v) is 10.7. The van der Waals surface area contributed by atoms with Crippen molar-refractivity contribution in [2.24, 2.45) is 5.92 Å². The lowest BCUT2D eigenvalue weighted by atomic mass is 9.86. The summed E-state index contributed by atoms with van der Waals surface area (Å²) in [5, 5.41) is 12.7. The van der Waals surface area contributed by atoms with E-state index in [0.29, 0.717) is 5.92 Å². The van der Waals surface area contributed by atoms with Crippen LogP contribution in [0.4, 0.5) is 0 Å². The molecule has 1 heterocycles. The fourth-order valence-electron chi connectivity index (χ4n) is 1.74. The Morgan fingerprint density at radius 3 is 2.56 bits per heavy atom. The van der Waals surface area contributed by atoms with Crippen LogP contribution in [0.3, 0.4) is 0 Å². The third kappa shape index (κ3) is 3.35. The summed E-state index contributed by atoms with van der Waals surface area (Å²) in [6, 6.07) is 2.28. The highest BCUT2D eigenvalue weighted by atomic mass is 16.3. The summed E-state index contributed by atoms with van der Waals surface area (Å²) >= 11 is 0. The molecule has 1 atom stereocenters. The van der Waals surface area contributed by atoms with Crippen LogP contribution in [-0.2, 0) is 5.41 Å². The first-order valence-corrected chi connectivity index (χ1v) is 5.95. The zero-order chi connectivity index (χ0) is 12.2. The van der Waals surface area contributed by atoms with Gasteiger partial charge in [-0.05, 0) is 17.5 Å². The molecule has 3 heteroatoms. The van der Waals surface area contributed by atoms with Gasteiger partial charge in [-0.3, -0.25) is 0 Å². The number of aliphatic hydroxyl groups is 1. The third-order valence-corrected chi connectivity index (χ3v) is 3.19. The van der Waals surface area contributed by atoms with Gasteiger partial charge < -0.3 is 15.4 Å². The maximum Gasteiger partial charge on any atom is 0.0587 e. The second-order valence-corrected chi connectivity index (χ2v) is 5.40. The van der Waals surface area contributed by atoms with Crippen molar-refractivity contribution < 1.29 is 5.11 Å². The Bertz CT molecular complexity index is 291. The van der Waals surface area contributed by atoms with Crippen LogP contribution in [0.25, 0.3) is 0 Å². The predicted molar refractivity (Wildman–Crippen MR) is 67.5 cm³/mol. The van der Waals surface area contributed by atoms with Crippen LogP contribution in [0.15, 0.2) is 18.5 Å². The number of H-pyrrole nitrogens is 1. The fourth-order valence-corrected chi connectivity index (χ4v) is 1.74. The van der Waals surface area contributed by atoms with Gasteiger partial charge in [0.05, 0.1) is 6.61 Å². The molecule has 0 amide bonds. The molecule has 92 valence electrons. The van der Waals surface area contributed by atoms with Crippen LogP contribution in [0.5, 0.6) is 0 Å². The molecule has 0 radical (unpaired) electrons. The lowest BCUT2D eigenvalue weighted by Crippen LogP contribution is -2.43. The van der Waals surface area contributed by atoms with Crippen molar-refractivity contribution >= 4 is 0 Å². The Labute approximate surface area is 98.3 Å². The molecule has 1 aromatic rings. The molecular formula is C13H24N2O. The summed E-state index contributed by atoms with van der Waals surface area (Å²) in [5.41, 5.74) is 1.38. The molecule has 3 N–H and O–H groups in total. The Kier molecular flexibility index (Phi) is 4.56. The number of rotatable bonds is 6. The molecule has 0 aromatic carbocycles. The van der Waals surface area contributed by atoms with E-state index in [2.05, 4.69) is 44.1 Å². The van der Waals surface area contributed by atoms with Gasteiger partial charge in [-0.15, -0.1) is 0 Å². The lowest BCUT2D eigenvalue weighted by Gasteiger charge is -2.28. The predicted octanol–water partition coefficient (Wildman–Crippen LogP) is 1.90. The second-order valence-electron chi connectivity index (χ2n) is 5.40. The van der Waals surface area contributed by atoms with Gasteiger partial charge in [-0.2, -0.15) is 0 Å². The fraction of sp³-hybridized carbons (Fsp3) is 0.692. The monoisotopic (exact) mass is 224 g/mol. The average molecular weight is 224 g/mol. The standard InChI is InChI=1S/C13H24N2O/c1-10(2)12(8-16)15-9-13(3,4)11-5-6-14-7-11/h5-7,10,12,14-16H,8-9H2,1-4H3. The molecule has 3 nitrogen and oxygen atoms in total. The highest BCUT2D eigenvalue weighted by molar-refractivity contribution is 5.20. The summed E-state index contributed by atoms with van der Waals surface area (Å²) in [5.74, 6) is 0.451. The molecule has 0 aliphatic heterocycles. The first-order valence-electron chi connectivity index (χ1n) is 5.95. The van der Waals surface area contributed by atoms with Crippen molar-refractivity contribution in [2.45, 2.75) is 39.2 Å². The summed E-state index contributed by atoms with van der Waals surface area (Å²) in [7, 11) is 0. The van der Waals surface area contributed by atoms with Gasteiger partial charge >= 0.3 is 0 Å². The summed E-state index contributed by atoms with van der Waals surface area (Å²) in [6.07, 6.45) is 3.98. The average Bonchev–Trinajstić information content (AvgIpc) is 2.71. The van der Waals surface area contributed by atoms with E-state index in [4.69, 9.17) is 0 Å². The van der Waals surface area contributed by atoms with E-state index in [9.17, 15) is 5.11 Å². The maximum absolute atomic E-state index is 9.26. The first kappa shape index (κ1) is 13.3. The Balaban J connectivity index is 2.54. The van der Waals surface area contributed by atoms with E-state index in [1.165, 1.54) is 5.56 Å². The number of aliphatic hydroxyl groups excluding tert-OH is 1. The van der Waals surface area contributed by atoms with Crippen LogP contribution in [0, 0.1) is 5.92 Å². The summed E-state index contributed by atoms with van der Waals surface area (Å²) < 4.78 is 0. The first-order chi connectivity index (χ1) is 7.47. The SMILES string of the molecule is CC(C)C(CO)NCC(C)(C)c1cc[nH]c1. The second kappa shape index (κ2) is 5.51. The Hall–Kier alpha value is -0.800. The largest absolute Gasteiger partial charge is 0.395 e. The van der Waals surface area contributed by atoms with Crippen LogP contribution in [-0.4, -0.2) is 29.3 Å². The Morgan fingerprint density at radius 1 is 1.44 bits per heavy atom. The quantitative estimate of drug-likeness (QED) is 0.691. The lowest BCUT2D eigenvalue weighted by molar-refractivity contribution is 0.204. The van der Waals surface area contributed by atoms with E-state index in [1.54, 1.807) is 0 Å². The van der Waals surface area contributed by atoms with E-state index in [-0.39, 0.29) is 18.1 Å².